The summed E-state index contributed by atoms with van der Waals surface area (Å²) in [4.78, 5) is 4.60. The zero-order chi connectivity index (χ0) is 14.1. The lowest BCUT2D eigenvalue weighted by atomic mass is 10.1. The number of rotatable bonds is 6. The first-order valence-electron chi connectivity index (χ1n) is 7.39. The molecule has 0 aromatic carbocycles. The summed E-state index contributed by atoms with van der Waals surface area (Å²) >= 11 is 0. The minimum absolute atomic E-state index is 0.600. The SMILES string of the molecule is C=C(Cc1nc2cccc(NCC(C)C)n2n1)C1CC1. The average molecular weight is 270 g/mol. The van der Waals surface area contributed by atoms with Crippen molar-refractivity contribution in [2.45, 2.75) is 33.1 Å². The standard InChI is InChI=1S/C16H22N4/c1-11(2)10-17-15-5-4-6-16-18-14(19-20(15)16)9-12(3)13-7-8-13/h4-6,11,13,17H,3,7-10H2,1-2H3. The number of nitrogens with zero attached hydrogens (tertiary/aromatic N) is 3. The summed E-state index contributed by atoms with van der Waals surface area (Å²) in [6, 6.07) is 6.06. The van der Waals surface area contributed by atoms with Gasteiger partial charge in [0, 0.05) is 13.0 Å². The van der Waals surface area contributed by atoms with Gasteiger partial charge < -0.3 is 5.32 Å². The van der Waals surface area contributed by atoms with Crippen molar-refractivity contribution in [1.82, 2.24) is 14.6 Å². The van der Waals surface area contributed by atoms with Gasteiger partial charge in [-0.3, -0.25) is 0 Å². The number of allylic oxidation sites excluding steroid dienone is 1. The second kappa shape index (κ2) is 5.27. The fourth-order valence-electron chi connectivity index (χ4n) is 2.31. The number of hydrogen-bond donors (Lipinski definition) is 1. The van der Waals surface area contributed by atoms with Gasteiger partial charge in [-0.15, -0.1) is 5.10 Å². The van der Waals surface area contributed by atoms with E-state index in [1.807, 2.05) is 22.7 Å². The number of anilines is 1. The Bertz CT molecular complexity index is 622. The Kier molecular flexibility index (Phi) is 3.47. The van der Waals surface area contributed by atoms with Crippen LogP contribution in [0.4, 0.5) is 5.82 Å². The molecule has 2 heterocycles. The molecule has 0 saturated heterocycles. The van der Waals surface area contributed by atoms with Gasteiger partial charge in [0.1, 0.15) is 5.82 Å². The Morgan fingerprint density at radius 2 is 2.25 bits per heavy atom. The maximum absolute atomic E-state index is 4.62. The monoisotopic (exact) mass is 270 g/mol. The fourth-order valence-corrected chi connectivity index (χ4v) is 2.31. The summed E-state index contributed by atoms with van der Waals surface area (Å²) in [6.45, 7) is 9.48. The number of pyridine rings is 1. The van der Waals surface area contributed by atoms with Crippen molar-refractivity contribution >= 4 is 11.5 Å². The van der Waals surface area contributed by atoms with Gasteiger partial charge in [-0.25, -0.2) is 4.98 Å². The molecule has 1 N–H and O–H groups in total. The molecule has 4 heteroatoms. The van der Waals surface area contributed by atoms with E-state index in [1.54, 1.807) is 0 Å². The third-order valence-corrected chi connectivity index (χ3v) is 3.63. The van der Waals surface area contributed by atoms with Gasteiger partial charge in [0.05, 0.1) is 0 Å². The molecule has 0 atom stereocenters. The molecule has 0 amide bonds. The van der Waals surface area contributed by atoms with Crippen LogP contribution in [0.3, 0.4) is 0 Å². The first-order valence-corrected chi connectivity index (χ1v) is 7.39. The van der Waals surface area contributed by atoms with E-state index in [9.17, 15) is 0 Å². The quantitative estimate of drug-likeness (QED) is 0.819. The highest BCUT2D eigenvalue weighted by Crippen LogP contribution is 2.36. The van der Waals surface area contributed by atoms with Crippen molar-refractivity contribution in [1.29, 1.82) is 0 Å². The third-order valence-electron chi connectivity index (χ3n) is 3.63. The van der Waals surface area contributed by atoms with Gasteiger partial charge in [0.25, 0.3) is 0 Å². The van der Waals surface area contributed by atoms with E-state index in [1.165, 1.54) is 18.4 Å². The highest BCUT2D eigenvalue weighted by molar-refractivity contribution is 5.48. The van der Waals surface area contributed by atoms with Crippen LogP contribution in [0.15, 0.2) is 30.4 Å². The van der Waals surface area contributed by atoms with Gasteiger partial charge in [0.2, 0.25) is 0 Å². The van der Waals surface area contributed by atoms with Crippen LogP contribution < -0.4 is 5.32 Å². The minimum atomic E-state index is 0.600. The molecule has 1 aliphatic carbocycles. The molecule has 2 aromatic rings. The normalized spacial score (nSPS) is 14.9. The van der Waals surface area contributed by atoms with Gasteiger partial charge in [-0.2, -0.15) is 4.52 Å². The van der Waals surface area contributed by atoms with Crippen LogP contribution in [0.25, 0.3) is 5.65 Å². The van der Waals surface area contributed by atoms with Gasteiger partial charge in [-0.05, 0) is 36.8 Å². The summed E-state index contributed by atoms with van der Waals surface area (Å²) in [6.07, 6.45) is 3.37. The van der Waals surface area contributed by atoms with Crippen molar-refractivity contribution in [2.75, 3.05) is 11.9 Å². The molecule has 106 valence electrons. The fraction of sp³-hybridized carbons (Fsp3) is 0.500. The molecular formula is C16H22N4. The Morgan fingerprint density at radius 3 is 2.95 bits per heavy atom. The second-order valence-electron chi connectivity index (χ2n) is 6.09. The predicted octanol–water partition coefficient (Wildman–Crippen LogP) is 3.31. The molecule has 3 rings (SSSR count). The van der Waals surface area contributed by atoms with Crippen LogP contribution in [0.2, 0.25) is 0 Å². The smallest absolute Gasteiger partial charge is 0.158 e. The number of hydrogen-bond acceptors (Lipinski definition) is 3. The number of nitrogens with one attached hydrogen (secondary N) is 1. The first-order chi connectivity index (χ1) is 9.63. The maximum Gasteiger partial charge on any atom is 0.158 e. The predicted molar refractivity (Wildman–Crippen MR) is 81.9 cm³/mol. The van der Waals surface area contributed by atoms with Crippen LogP contribution in [-0.4, -0.2) is 21.1 Å². The lowest BCUT2D eigenvalue weighted by Gasteiger charge is -2.09. The lowest BCUT2D eigenvalue weighted by Crippen LogP contribution is -2.11. The minimum Gasteiger partial charge on any atom is -0.370 e. The summed E-state index contributed by atoms with van der Waals surface area (Å²) in [7, 11) is 0. The Hall–Kier alpha value is -1.84. The van der Waals surface area contributed by atoms with Gasteiger partial charge in [0.15, 0.2) is 11.5 Å². The Morgan fingerprint density at radius 1 is 1.45 bits per heavy atom. The molecule has 2 aromatic heterocycles. The zero-order valence-electron chi connectivity index (χ0n) is 12.3. The highest BCUT2D eigenvalue weighted by atomic mass is 15.3. The third kappa shape index (κ3) is 2.84. The zero-order valence-corrected chi connectivity index (χ0v) is 12.3. The molecule has 1 saturated carbocycles. The lowest BCUT2D eigenvalue weighted by molar-refractivity contribution is 0.684. The van der Waals surface area contributed by atoms with E-state index in [4.69, 9.17) is 0 Å². The van der Waals surface area contributed by atoms with E-state index in [2.05, 4.69) is 35.8 Å². The summed E-state index contributed by atoms with van der Waals surface area (Å²) in [5.74, 6) is 3.19. The topological polar surface area (TPSA) is 42.2 Å². The van der Waals surface area contributed by atoms with Crippen LogP contribution >= 0.6 is 0 Å². The maximum atomic E-state index is 4.62. The van der Waals surface area contributed by atoms with Gasteiger partial charge >= 0.3 is 0 Å². The first kappa shape index (κ1) is 13.2. The van der Waals surface area contributed by atoms with Crippen LogP contribution in [0, 0.1) is 11.8 Å². The van der Waals surface area contributed by atoms with E-state index in [0.29, 0.717) is 11.8 Å². The largest absolute Gasteiger partial charge is 0.370 e. The summed E-state index contributed by atoms with van der Waals surface area (Å²) in [5.41, 5.74) is 2.18. The van der Waals surface area contributed by atoms with Crippen LogP contribution in [0.5, 0.6) is 0 Å². The van der Waals surface area contributed by atoms with Crippen molar-refractivity contribution in [3.63, 3.8) is 0 Å². The molecular weight excluding hydrogens is 248 g/mol. The van der Waals surface area contributed by atoms with E-state index in [0.717, 1.165) is 30.3 Å². The molecule has 20 heavy (non-hydrogen) atoms. The number of aromatic nitrogens is 3. The van der Waals surface area contributed by atoms with E-state index >= 15 is 0 Å². The molecule has 0 unspecified atom stereocenters. The average Bonchev–Trinajstić information content (AvgIpc) is 3.17. The molecule has 0 aliphatic heterocycles. The van der Waals surface area contributed by atoms with Gasteiger partial charge in [-0.1, -0.05) is 32.1 Å². The second-order valence-corrected chi connectivity index (χ2v) is 6.09. The van der Waals surface area contributed by atoms with Crippen LogP contribution in [0.1, 0.15) is 32.5 Å². The van der Waals surface area contributed by atoms with E-state index < -0.39 is 0 Å². The Labute approximate surface area is 119 Å². The molecule has 0 spiro atoms. The summed E-state index contributed by atoms with van der Waals surface area (Å²) in [5, 5.41) is 8.05. The van der Waals surface area contributed by atoms with E-state index in [-0.39, 0.29) is 0 Å². The van der Waals surface area contributed by atoms with Crippen molar-refractivity contribution in [2.24, 2.45) is 11.8 Å². The van der Waals surface area contributed by atoms with Crippen molar-refractivity contribution < 1.29 is 0 Å². The highest BCUT2D eigenvalue weighted by Gasteiger charge is 2.25. The van der Waals surface area contributed by atoms with Crippen molar-refractivity contribution in [3.05, 3.63) is 36.2 Å². The van der Waals surface area contributed by atoms with Crippen LogP contribution in [-0.2, 0) is 6.42 Å². The molecule has 0 bridgehead atoms. The summed E-state index contributed by atoms with van der Waals surface area (Å²) < 4.78 is 1.90. The molecule has 4 nitrogen and oxygen atoms in total. The molecule has 0 radical (unpaired) electrons. The number of fused-ring (bicyclic) bond motifs is 1. The molecule has 1 aliphatic rings. The Balaban J connectivity index is 1.81. The van der Waals surface area contributed by atoms with Crippen molar-refractivity contribution in [3.8, 4) is 0 Å². The molecule has 1 fully saturated rings.